The van der Waals surface area contributed by atoms with Gasteiger partial charge in [-0.3, -0.25) is 0 Å². The van der Waals surface area contributed by atoms with Crippen LogP contribution in [-0.4, -0.2) is 22.4 Å². The van der Waals surface area contributed by atoms with Gasteiger partial charge in [-0.15, -0.1) is 0 Å². The summed E-state index contributed by atoms with van der Waals surface area (Å²) < 4.78 is 4.27. The lowest BCUT2D eigenvalue weighted by molar-refractivity contribution is 0.738. The Labute approximate surface area is 82.1 Å². The van der Waals surface area contributed by atoms with E-state index in [9.17, 15) is 0 Å². The van der Waals surface area contributed by atoms with Gasteiger partial charge in [0.05, 0.1) is 0 Å². The number of nitrogens with one attached hydrogen (secondary N) is 1. The fraction of sp³-hybridized carbons (Fsp3) is 0.556. The second-order valence-corrected chi connectivity index (χ2v) is 3.82. The van der Waals surface area contributed by atoms with Crippen LogP contribution in [0.3, 0.4) is 0 Å². The molecule has 0 aromatic carbocycles. The maximum absolute atomic E-state index is 4.45. The lowest BCUT2D eigenvalue weighted by atomic mass is 10.1. The van der Waals surface area contributed by atoms with Gasteiger partial charge in [-0.25, -0.2) is 4.98 Å². The van der Waals surface area contributed by atoms with E-state index in [0.717, 1.165) is 36.8 Å². The van der Waals surface area contributed by atoms with Crippen LogP contribution in [0, 0.1) is 0 Å². The summed E-state index contributed by atoms with van der Waals surface area (Å²) in [4.78, 5) is 4.45. The fourth-order valence-electron chi connectivity index (χ4n) is 1.33. The van der Waals surface area contributed by atoms with Gasteiger partial charge in [0.2, 0.25) is 0 Å². The van der Waals surface area contributed by atoms with E-state index < -0.39 is 0 Å². The highest BCUT2D eigenvalue weighted by Crippen LogP contribution is 2.18. The number of aryl methyl sites for hydroxylation is 1. The number of aromatic nitrogens is 2. The molecule has 1 aromatic heterocycles. The predicted molar refractivity (Wildman–Crippen MR) is 54.8 cm³/mol. The zero-order valence-electron chi connectivity index (χ0n) is 7.71. The molecule has 0 aliphatic carbocycles. The third-order valence-corrected chi connectivity index (χ3v) is 2.91. The maximum atomic E-state index is 4.45. The van der Waals surface area contributed by atoms with Crippen LogP contribution in [0.25, 0.3) is 5.57 Å². The number of hydrogen-bond donors (Lipinski definition) is 1. The largest absolute Gasteiger partial charge is 0.312 e. The highest BCUT2D eigenvalue weighted by molar-refractivity contribution is 7.06. The fourth-order valence-corrected chi connectivity index (χ4v) is 2.12. The van der Waals surface area contributed by atoms with E-state index in [1.54, 1.807) is 0 Å². The first-order valence-electron chi connectivity index (χ1n) is 4.63. The van der Waals surface area contributed by atoms with Crippen molar-refractivity contribution in [3.63, 3.8) is 0 Å². The van der Waals surface area contributed by atoms with E-state index in [2.05, 4.69) is 27.7 Å². The molecule has 2 rings (SSSR count). The smallest absolute Gasteiger partial charge is 0.142 e. The zero-order valence-corrected chi connectivity index (χ0v) is 8.52. The molecule has 13 heavy (non-hydrogen) atoms. The Morgan fingerprint density at radius 1 is 1.62 bits per heavy atom. The molecule has 1 aliphatic rings. The quantitative estimate of drug-likeness (QED) is 0.776. The van der Waals surface area contributed by atoms with Gasteiger partial charge in [-0.2, -0.15) is 4.37 Å². The molecule has 1 aromatic rings. The molecule has 0 radical (unpaired) electrons. The van der Waals surface area contributed by atoms with E-state index in [-0.39, 0.29) is 0 Å². The minimum absolute atomic E-state index is 0.928. The van der Waals surface area contributed by atoms with Gasteiger partial charge >= 0.3 is 0 Å². The van der Waals surface area contributed by atoms with E-state index in [1.165, 1.54) is 17.1 Å². The van der Waals surface area contributed by atoms with Crippen LogP contribution in [0.2, 0.25) is 0 Å². The second-order valence-electron chi connectivity index (χ2n) is 3.06. The van der Waals surface area contributed by atoms with Crippen molar-refractivity contribution in [3.8, 4) is 0 Å². The lowest BCUT2D eigenvalue weighted by Gasteiger charge is -2.10. The number of rotatable bonds is 2. The summed E-state index contributed by atoms with van der Waals surface area (Å²) in [6.45, 7) is 4.11. The van der Waals surface area contributed by atoms with E-state index in [1.807, 2.05) is 0 Å². The third kappa shape index (κ3) is 1.95. The molecule has 1 N–H and O–H groups in total. The van der Waals surface area contributed by atoms with Crippen molar-refractivity contribution < 1.29 is 0 Å². The normalized spacial score (nSPS) is 17.2. The molecule has 0 amide bonds. The molecular formula is C9H13N3S. The molecule has 0 fully saturated rings. The van der Waals surface area contributed by atoms with Crippen LogP contribution in [-0.2, 0) is 6.42 Å². The van der Waals surface area contributed by atoms with Crippen LogP contribution in [0.4, 0.5) is 0 Å². The topological polar surface area (TPSA) is 37.8 Å². The molecule has 0 bridgehead atoms. The van der Waals surface area contributed by atoms with Crippen LogP contribution < -0.4 is 5.32 Å². The molecular weight excluding hydrogens is 182 g/mol. The molecule has 2 heterocycles. The Morgan fingerprint density at radius 2 is 2.54 bits per heavy atom. The number of nitrogens with zero attached hydrogens (tertiary/aromatic N) is 2. The van der Waals surface area contributed by atoms with Gasteiger partial charge in [0, 0.05) is 13.0 Å². The van der Waals surface area contributed by atoms with Crippen LogP contribution in [0.5, 0.6) is 0 Å². The van der Waals surface area contributed by atoms with Gasteiger partial charge < -0.3 is 5.32 Å². The molecule has 1 aliphatic heterocycles. The van der Waals surface area contributed by atoms with Crippen molar-refractivity contribution in [2.24, 2.45) is 0 Å². The summed E-state index contributed by atoms with van der Waals surface area (Å²) in [6, 6.07) is 0. The molecule has 0 atom stereocenters. The van der Waals surface area contributed by atoms with Crippen LogP contribution in [0.1, 0.15) is 24.2 Å². The van der Waals surface area contributed by atoms with Crippen molar-refractivity contribution in [1.29, 1.82) is 0 Å². The molecule has 0 saturated carbocycles. The van der Waals surface area contributed by atoms with Crippen molar-refractivity contribution >= 4 is 17.1 Å². The minimum Gasteiger partial charge on any atom is -0.312 e. The van der Waals surface area contributed by atoms with Crippen molar-refractivity contribution in [2.75, 3.05) is 13.1 Å². The Kier molecular flexibility index (Phi) is 2.71. The first kappa shape index (κ1) is 8.84. The van der Waals surface area contributed by atoms with Crippen LogP contribution in [0.15, 0.2) is 6.08 Å². The summed E-state index contributed by atoms with van der Waals surface area (Å²) in [5.74, 6) is 0.964. The molecule has 4 heteroatoms. The predicted octanol–water partition coefficient (Wildman–Crippen LogP) is 1.48. The summed E-state index contributed by atoms with van der Waals surface area (Å²) >= 11 is 1.51. The molecule has 70 valence electrons. The SMILES string of the molecule is CCc1nsc(C2=CCCNC2)n1. The molecule has 0 saturated heterocycles. The molecule has 0 unspecified atom stereocenters. The monoisotopic (exact) mass is 195 g/mol. The first-order valence-corrected chi connectivity index (χ1v) is 5.40. The Hall–Kier alpha value is -0.740. The molecule has 3 nitrogen and oxygen atoms in total. The maximum Gasteiger partial charge on any atom is 0.142 e. The van der Waals surface area contributed by atoms with Crippen LogP contribution >= 0.6 is 11.5 Å². The van der Waals surface area contributed by atoms with Gasteiger partial charge in [-0.05, 0) is 30.1 Å². The highest BCUT2D eigenvalue weighted by atomic mass is 32.1. The van der Waals surface area contributed by atoms with E-state index >= 15 is 0 Å². The lowest BCUT2D eigenvalue weighted by Crippen LogP contribution is -2.21. The Morgan fingerprint density at radius 3 is 3.15 bits per heavy atom. The second kappa shape index (κ2) is 3.98. The summed E-state index contributed by atoms with van der Waals surface area (Å²) in [5.41, 5.74) is 1.31. The van der Waals surface area contributed by atoms with Crippen molar-refractivity contribution in [1.82, 2.24) is 14.7 Å². The van der Waals surface area contributed by atoms with E-state index in [0.29, 0.717) is 0 Å². The summed E-state index contributed by atoms with van der Waals surface area (Å²) in [5, 5.41) is 4.42. The number of hydrogen-bond acceptors (Lipinski definition) is 4. The standard InChI is InChI=1S/C9H13N3S/c1-2-8-11-9(13-12-8)7-4-3-5-10-6-7/h4,10H,2-3,5-6H2,1H3. The Bertz CT molecular complexity index is 316. The molecule has 0 spiro atoms. The van der Waals surface area contributed by atoms with Crippen molar-refractivity contribution in [2.45, 2.75) is 19.8 Å². The average Bonchev–Trinajstić information content (AvgIpc) is 2.67. The van der Waals surface area contributed by atoms with E-state index in [4.69, 9.17) is 0 Å². The van der Waals surface area contributed by atoms with Gasteiger partial charge in [0.25, 0.3) is 0 Å². The van der Waals surface area contributed by atoms with Gasteiger partial charge in [0.1, 0.15) is 10.8 Å². The summed E-state index contributed by atoms with van der Waals surface area (Å²) in [7, 11) is 0. The van der Waals surface area contributed by atoms with Crippen molar-refractivity contribution in [3.05, 3.63) is 16.9 Å². The Balaban J connectivity index is 2.19. The highest BCUT2D eigenvalue weighted by Gasteiger charge is 2.09. The first-order chi connectivity index (χ1) is 6.40. The third-order valence-electron chi connectivity index (χ3n) is 2.09. The average molecular weight is 195 g/mol. The minimum atomic E-state index is 0.928. The summed E-state index contributed by atoms with van der Waals surface area (Å²) in [6.07, 6.45) is 4.30. The zero-order chi connectivity index (χ0) is 9.10. The van der Waals surface area contributed by atoms with Gasteiger partial charge in [-0.1, -0.05) is 13.0 Å². The van der Waals surface area contributed by atoms with Gasteiger partial charge in [0.15, 0.2) is 0 Å².